The van der Waals surface area contributed by atoms with Crippen molar-refractivity contribution in [3.8, 4) is 0 Å². The molecule has 1 saturated carbocycles. The maximum Gasteiger partial charge on any atom is 0.411 e. The minimum Gasteiger partial charge on any atom is -0.372 e. The number of ether oxygens (including phenoxy) is 1. The van der Waals surface area contributed by atoms with Gasteiger partial charge in [0.05, 0.1) is 6.61 Å². The number of rotatable bonds is 6. The van der Waals surface area contributed by atoms with Crippen molar-refractivity contribution >= 4 is 21.8 Å². The van der Waals surface area contributed by atoms with Crippen LogP contribution in [0.3, 0.4) is 0 Å². The Morgan fingerprint density at radius 3 is 2.74 bits per heavy atom. The molecule has 0 aromatic carbocycles. The Bertz CT molecular complexity index is 287. The molecule has 0 bridgehead atoms. The van der Waals surface area contributed by atoms with Crippen LogP contribution in [0.2, 0.25) is 0 Å². The SMILES string of the molecule is O=C(CCOCC(F)(F)F)NCC1CCCC(Br)C1. The van der Waals surface area contributed by atoms with Gasteiger partial charge in [-0.15, -0.1) is 0 Å². The standard InChI is InChI=1S/C12H19BrF3NO2/c13-10-3-1-2-9(6-10)7-17-11(18)4-5-19-8-12(14,15)16/h9-10H,1-8H2,(H,17,18). The lowest BCUT2D eigenvalue weighted by molar-refractivity contribution is -0.174. The van der Waals surface area contributed by atoms with E-state index in [1.165, 1.54) is 0 Å². The summed E-state index contributed by atoms with van der Waals surface area (Å²) in [6.45, 7) is -0.897. The first kappa shape index (κ1) is 16.8. The topological polar surface area (TPSA) is 38.3 Å². The van der Waals surface area contributed by atoms with Crippen molar-refractivity contribution < 1.29 is 22.7 Å². The summed E-state index contributed by atoms with van der Waals surface area (Å²) in [4.78, 5) is 11.9. The average molecular weight is 346 g/mol. The number of alkyl halides is 4. The van der Waals surface area contributed by atoms with Crippen molar-refractivity contribution in [2.45, 2.75) is 43.1 Å². The lowest BCUT2D eigenvalue weighted by Crippen LogP contribution is -2.32. The van der Waals surface area contributed by atoms with Crippen LogP contribution in [0.15, 0.2) is 0 Å². The molecule has 1 amide bonds. The Morgan fingerprint density at radius 2 is 2.11 bits per heavy atom. The molecule has 2 atom stereocenters. The van der Waals surface area contributed by atoms with Crippen LogP contribution in [0, 0.1) is 5.92 Å². The molecule has 1 aliphatic rings. The van der Waals surface area contributed by atoms with Gasteiger partial charge < -0.3 is 10.1 Å². The number of amides is 1. The van der Waals surface area contributed by atoms with Gasteiger partial charge in [-0.05, 0) is 25.2 Å². The number of nitrogens with one attached hydrogen (secondary N) is 1. The van der Waals surface area contributed by atoms with E-state index < -0.39 is 12.8 Å². The van der Waals surface area contributed by atoms with Crippen LogP contribution in [0.5, 0.6) is 0 Å². The molecule has 112 valence electrons. The number of hydrogen-bond donors (Lipinski definition) is 1. The third-order valence-electron chi connectivity index (χ3n) is 3.05. The van der Waals surface area contributed by atoms with E-state index in [0.29, 0.717) is 17.3 Å². The highest BCUT2D eigenvalue weighted by molar-refractivity contribution is 9.09. The number of carbonyl (C=O) groups is 1. The summed E-state index contributed by atoms with van der Waals surface area (Å²) in [7, 11) is 0. The van der Waals surface area contributed by atoms with Gasteiger partial charge >= 0.3 is 6.18 Å². The predicted molar refractivity (Wildman–Crippen MR) is 69.2 cm³/mol. The summed E-state index contributed by atoms with van der Waals surface area (Å²) in [5.74, 6) is 0.206. The van der Waals surface area contributed by atoms with Crippen molar-refractivity contribution in [1.29, 1.82) is 0 Å². The Balaban J connectivity index is 2.04. The van der Waals surface area contributed by atoms with Crippen molar-refractivity contribution in [1.82, 2.24) is 5.32 Å². The average Bonchev–Trinajstić information content (AvgIpc) is 2.31. The van der Waals surface area contributed by atoms with E-state index in [4.69, 9.17) is 0 Å². The normalized spacial score (nSPS) is 24.2. The lowest BCUT2D eigenvalue weighted by atomic mass is 9.89. The van der Waals surface area contributed by atoms with Gasteiger partial charge in [0.25, 0.3) is 0 Å². The molecule has 1 fully saturated rings. The molecule has 0 aromatic heterocycles. The molecular weight excluding hydrogens is 327 g/mol. The Kier molecular flexibility index (Phi) is 7.13. The predicted octanol–water partition coefficient (Wildman–Crippen LogP) is 3.03. The van der Waals surface area contributed by atoms with Gasteiger partial charge in [-0.3, -0.25) is 4.79 Å². The molecule has 1 rings (SSSR count). The minimum atomic E-state index is -4.33. The van der Waals surface area contributed by atoms with Gasteiger partial charge in [0.1, 0.15) is 6.61 Å². The van der Waals surface area contributed by atoms with Crippen LogP contribution in [-0.2, 0) is 9.53 Å². The molecule has 3 nitrogen and oxygen atoms in total. The molecule has 7 heteroatoms. The highest BCUT2D eigenvalue weighted by atomic mass is 79.9. The minimum absolute atomic E-state index is 0.0272. The summed E-state index contributed by atoms with van der Waals surface area (Å²) >= 11 is 3.57. The monoisotopic (exact) mass is 345 g/mol. The fraction of sp³-hybridized carbons (Fsp3) is 0.917. The van der Waals surface area contributed by atoms with Gasteiger partial charge in [0, 0.05) is 17.8 Å². The molecule has 0 radical (unpaired) electrons. The van der Waals surface area contributed by atoms with Crippen LogP contribution >= 0.6 is 15.9 Å². The van der Waals surface area contributed by atoms with Gasteiger partial charge in [-0.2, -0.15) is 13.2 Å². The van der Waals surface area contributed by atoms with E-state index in [1.54, 1.807) is 0 Å². The van der Waals surface area contributed by atoms with Gasteiger partial charge in [0.2, 0.25) is 5.91 Å². The first-order valence-corrected chi connectivity index (χ1v) is 7.33. The second kappa shape index (κ2) is 8.09. The molecule has 1 aliphatic carbocycles. The second-order valence-electron chi connectivity index (χ2n) is 4.85. The molecule has 0 spiro atoms. The number of halogens is 4. The molecular formula is C12H19BrF3NO2. The maximum absolute atomic E-state index is 11.8. The van der Waals surface area contributed by atoms with Crippen molar-refractivity contribution in [3.63, 3.8) is 0 Å². The first-order chi connectivity index (χ1) is 8.87. The summed E-state index contributed by atoms with van der Waals surface area (Å²) in [6, 6.07) is 0. The highest BCUT2D eigenvalue weighted by Gasteiger charge is 2.27. The molecule has 2 unspecified atom stereocenters. The van der Waals surface area contributed by atoms with Gasteiger partial charge in [-0.25, -0.2) is 0 Å². The van der Waals surface area contributed by atoms with Gasteiger partial charge in [-0.1, -0.05) is 22.4 Å². The Hall–Kier alpha value is -0.300. The summed E-state index contributed by atoms with van der Waals surface area (Å²) < 4.78 is 39.7. The summed E-state index contributed by atoms with van der Waals surface area (Å²) in [6.07, 6.45) is 0.0721. The fourth-order valence-electron chi connectivity index (χ4n) is 2.11. The third kappa shape index (κ3) is 8.47. The highest BCUT2D eigenvalue weighted by Crippen LogP contribution is 2.28. The maximum atomic E-state index is 11.8. The van der Waals surface area contributed by atoms with Crippen LogP contribution in [0.4, 0.5) is 13.2 Å². The van der Waals surface area contributed by atoms with Crippen LogP contribution in [0.1, 0.15) is 32.1 Å². The third-order valence-corrected chi connectivity index (χ3v) is 3.88. The Morgan fingerprint density at radius 1 is 1.37 bits per heavy atom. The van der Waals surface area contributed by atoms with Crippen LogP contribution in [0.25, 0.3) is 0 Å². The second-order valence-corrected chi connectivity index (χ2v) is 6.15. The Labute approximate surface area is 119 Å². The molecule has 0 aromatic rings. The van der Waals surface area contributed by atoms with Crippen LogP contribution < -0.4 is 5.32 Å². The van der Waals surface area contributed by atoms with Crippen molar-refractivity contribution in [2.24, 2.45) is 5.92 Å². The molecule has 0 heterocycles. The van der Waals surface area contributed by atoms with E-state index in [2.05, 4.69) is 26.0 Å². The molecule has 1 N–H and O–H groups in total. The molecule has 19 heavy (non-hydrogen) atoms. The zero-order valence-electron chi connectivity index (χ0n) is 10.6. The largest absolute Gasteiger partial charge is 0.411 e. The van der Waals surface area contributed by atoms with E-state index in [0.717, 1.165) is 25.7 Å². The van der Waals surface area contributed by atoms with Gasteiger partial charge in [0.15, 0.2) is 0 Å². The first-order valence-electron chi connectivity index (χ1n) is 6.42. The summed E-state index contributed by atoms with van der Waals surface area (Å²) in [5.41, 5.74) is 0. The van der Waals surface area contributed by atoms with E-state index in [-0.39, 0.29) is 18.9 Å². The van der Waals surface area contributed by atoms with E-state index >= 15 is 0 Å². The smallest absolute Gasteiger partial charge is 0.372 e. The molecule has 0 aliphatic heterocycles. The zero-order valence-corrected chi connectivity index (χ0v) is 12.2. The van der Waals surface area contributed by atoms with Crippen molar-refractivity contribution in [2.75, 3.05) is 19.8 Å². The van der Waals surface area contributed by atoms with Crippen molar-refractivity contribution in [3.05, 3.63) is 0 Å². The number of hydrogen-bond acceptors (Lipinski definition) is 2. The van der Waals surface area contributed by atoms with Crippen LogP contribution in [-0.4, -0.2) is 36.7 Å². The number of carbonyl (C=O) groups excluding carboxylic acids is 1. The summed E-state index contributed by atoms with van der Waals surface area (Å²) in [5, 5.41) is 2.75. The zero-order chi connectivity index (χ0) is 14.3. The fourth-order valence-corrected chi connectivity index (χ4v) is 2.96. The molecule has 0 saturated heterocycles. The quantitative estimate of drug-likeness (QED) is 0.593. The lowest BCUT2D eigenvalue weighted by Gasteiger charge is -2.25. The van der Waals surface area contributed by atoms with E-state index in [1.807, 2.05) is 0 Å². The van der Waals surface area contributed by atoms with E-state index in [9.17, 15) is 18.0 Å².